The van der Waals surface area contributed by atoms with Gasteiger partial charge < -0.3 is 5.73 Å². The summed E-state index contributed by atoms with van der Waals surface area (Å²) in [5.41, 5.74) is 10.3. The monoisotopic (exact) mass is 267 g/mol. The SMILES string of the molecule is Cc1ccc(N)c(-c2cscc2Br)c1. The number of hydrogen-bond donors (Lipinski definition) is 1. The minimum atomic E-state index is 0.828. The molecule has 2 aromatic rings. The van der Waals surface area contributed by atoms with Crippen LogP contribution in [-0.2, 0) is 0 Å². The highest BCUT2D eigenvalue weighted by Crippen LogP contribution is 2.35. The molecule has 0 unspecified atom stereocenters. The summed E-state index contributed by atoms with van der Waals surface area (Å²) in [6.45, 7) is 2.07. The minimum Gasteiger partial charge on any atom is -0.398 e. The maximum Gasteiger partial charge on any atom is 0.0394 e. The van der Waals surface area contributed by atoms with Crippen LogP contribution in [0.25, 0.3) is 11.1 Å². The van der Waals surface area contributed by atoms with E-state index in [1.165, 1.54) is 11.1 Å². The van der Waals surface area contributed by atoms with Crippen molar-refractivity contribution in [1.29, 1.82) is 0 Å². The van der Waals surface area contributed by atoms with E-state index in [1.807, 2.05) is 12.1 Å². The van der Waals surface area contributed by atoms with Gasteiger partial charge in [-0.2, -0.15) is 11.3 Å². The van der Waals surface area contributed by atoms with Crippen LogP contribution in [0.15, 0.2) is 33.4 Å². The Hall–Kier alpha value is -0.800. The number of rotatable bonds is 1. The quantitative estimate of drug-likeness (QED) is 0.775. The first-order valence-electron chi connectivity index (χ1n) is 4.26. The molecule has 0 aliphatic rings. The third-order valence-corrected chi connectivity index (χ3v) is 3.82. The fourth-order valence-corrected chi connectivity index (χ4v) is 2.88. The summed E-state index contributed by atoms with van der Waals surface area (Å²) in [6.07, 6.45) is 0. The van der Waals surface area contributed by atoms with Gasteiger partial charge in [0.25, 0.3) is 0 Å². The highest BCUT2D eigenvalue weighted by atomic mass is 79.9. The molecule has 0 fully saturated rings. The molecule has 2 N–H and O–H groups in total. The Morgan fingerprint density at radius 3 is 2.64 bits per heavy atom. The summed E-state index contributed by atoms with van der Waals surface area (Å²) in [5.74, 6) is 0. The van der Waals surface area contributed by atoms with Crippen molar-refractivity contribution in [2.75, 3.05) is 5.73 Å². The van der Waals surface area contributed by atoms with Gasteiger partial charge in [-0.25, -0.2) is 0 Å². The average Bonchev–Trinajstić information content (AvgIpc) is 2.56. The molecular weight excluding hydrogens is 258 g/mol. The van der Waals surface area contributed by atoms with Gasteiger partial charge in [0.15, 0.2) is 0 Å². The maximum absolute atomic E-state index is 5.93. The number of hydrogen-bond acceptors (Lipinski definition) is 2. The summed E-state index contributed by atoms with van der Waals surface area (Å²) in [4.78, 5) is 0. The molecule has 0 aliphatic carbocycles. The zero-order chi connectivity index (χ0) is 10.1. The topological polar surface area (TPSA) is 26.0 Å². The van der Waals surface area contributed by atoms with E-state index >= 15 is 0 Å². The molecule has 0 aliphatic heterocycles. The van der Waals surface area contributed by atoms with E-state index in [-0.39, 0.29) is 0 Å². The Morgan fingerprint density at radius 1 is 1.21 bits per heavy atom. The molecule has 0 radical (unpaired) electrons. The Morgan fingerprint density at radius 2 is 2.00 bits per heavy atom. The van der Waals surface area contributed by atoms with Crippen molar-refractivity contribution in [2.45, 2.75) is 6.92 Å². The molecule has 0 amide bonds. The predicted molar refractivity (Wildman–Crippen MR) is 66.6 cm³/mol. The van der Waals surface area contributed by atoms with Gasteiger partial charge in [-0.15, -0.1) is 0 Å². The Labute approximate surface area is 95.7 Å². The standard InChI is InChI=1S/C11H10BrNS/c1-7-2-3-11(13)8(4-7)9-5-14-6-10(9)12/h2-6H,13H2,1H3. The molecule has 72 valence electrons. The van der Waals surface area contributed by atoms with Gasteiger partial charge >= 0.3 is 0 Å². The first-order valence-corrected chi connectivity index (χ1v) is 6.00. The second-order valence-electron chi connectivity index (χ2n) is 3.22. The van der Waals surface area contributed by atoms with Crippen LogP contribution >= 0.6 is 27.3 Å². The lowest BCUT2D eigenvalue weighted by Crippen LogP contribution is -1.89. The van der Waals surface area contributed by atoms with Crippen LogP contribution < -0.4 is 5.73 Å². The van der Waals surface area contributed by atoms with Gasteiger partial charge in [0.05, 0.1) is 0 Å². The zero-order valence-electron chi connectivity index (χ0n) is 7.75. The van der Waals surface area contributed by atoms with Gasteiger partial charge in [-0.1, -0.05) is 11.6 Å². The highest BCUT2D eigenvalue weighted by molar-refractivity contribution is 9.10. The average molecular weight is 268 g/mol. The van der Waals surface area contributed by atoms with E-state index in [2.05, 4.69) is 39.7 Å². The Kier molecular flexibility index (Phi) is 2.61. The van der Waals surface area contributed by atoms with Crippen molar-refractivity contribution in [2.24, 2.45) is 0 Å². The largest absolute Gasteiger partial charge is 0.398 e. The first kappa shape index (κ1) is 9.74. The van der Waals surface area contributed by atoms with Crippen LogP contribution in [0, 0.1) is 6.92 Å². The van der Waals surface area contributed by atoms with Gasteiger partial charge in [0.2, 0.25) is 0 Å². The zero-order valence-corrected chi connectivity index (χ0v) is 10.2. The van der Waals surface area contributed by atoms with Gasteiger partial charge in [0.1, 0.15) is 0 Å². The second kappa shape index (κ2) is 3.75. The lowest BCUT2D eigenvalue weighted by molar-refractivity contribution is 1.47. The molecule has 1 heterocycles. The third-order valence-electron chi connectivity index (χ3n) is 2.11. The Balaban J connectivity index is 2.62. The molecule has 1 aromatic carbocycles. The summed E-state index contributed by atoms with van der Waals surface area (Å²) in [6, 6.07) is 6.09. The van der Waals surface area contributed by atoms with Crippen LogP contribution in [0.5, 0.6) is 0 Å². The van der Waals surface area contributed by atoms with Crippen LogP contribution in [0.2, 0.25) is 0 Å². The van der Waals surface area contributed by atoms with Crippen molar-refractivity contribution in [3.05, 3.63) is 39.0 Å². The minimum absolute atomic E-state index is 0.828. The van der Waals surface area contributed by atoms with Crippen LogP contribution in [0.4, 0.5) is 5.69 Å². The third kappa shape index (κ3) is 1.70. The van der Waals surface area contributed by atoms with Crippen molar-refractivity contribution in [1.82, 2.24) is 0 Å². The molecular formula is C11H10BrNS. The van der Waals surface area contributed by atoms with E-state index in [9.17, 15) is 0 Å². The number of nitrogens with two attached hydrogens (primary N) is 1. The van der Waals surface area contributed by atoms with E-state index in [1.54, 1.807) is 11.3 Å². The summed E-state index contributed by atoms with van der Waals surface area (Å²) < 4.78 is 1.11. The van der Waals surface area contributed by atoms with Crippen molar-refractivity contribution in [3.63, 3.8) is 0 Å². The smallest absolute Gasteiger partial charge is 0.0394 e. The lowest BCUT2D eigenvalue weighted by atomic mass is 10.0. The number of benzene rings is 1. The van der Waals surface area contributed by atoms with Crippen molar-refractivity contribution < 1.29 is 0 Å². The highest BCUT2D eigenvalue weighted by Gasteiger charge is 2.07. The van der Waals surface area contributed by atoms with Crippen molar-refractivity contribution >= 4 is 33.0 Å². The lowest BCUT2D eigenvalue weighted by Gasteiger charge is -2.05. The van der Waals surface area contributed by atoms with Gasteiger partial charge in [0, 0.05) is 26.7 Å². The molecule has 1 aromatic heterocycles. The van der Waals surface area contributed by atoms with E-state index < -0.39 is 0 Å². The van der Waals surface area contributed by atoms with Crippen LogP contribution in [-0.4, -0.2) is 0 Å². The normalized spacial score (nSPS) is 10.4. The van der Waals surface area contributed by atoms with Gasteiger partial charge in [-0.05, 0) is 40.4 Å². The predicted octanol–water partition coefficient (Wildman–Crippen LogP) is 4.07. The number of thiophene rings is 1. The first-order chi connectivity index (χ1) is 6.68. The fraction of sp³-hybridized carbons (Fsp3) is 0.0909. The summed E-state index contributed by atoms with van der Waals surface area (Å²) in [5, 5.41) is 4.17. The molecule has 0 atom stereocenters. The van der Waals surface area contributed by atoms with Crippen LogP contribution in [0.1, 0.15) is 5.56 Å². The molecule has 3 heteroatoms. The molecule has 2 rings (SSSR count). The van der Waals surface area contributed by atoms with E-state index in [0.29, 0.717) is 0 Å². The summed E-state index contributed by atoms with van der Waals surface area (Å²) >= 11 is 5.19. The van der Waals surface area contributed by atoms with E-state index in [0.717, 1.165) is 15.7 Å². The fourth-order valence-electron chi connectivity index (χ4n) is 1.38. The molecule has 14 heavy (non-hydrogen) atoms. The van der Waals surface area contributed by atoms with Crippen molar-refractivity contribution in [3.8, 4) is 11.1 Å². The maximum atomic E-state index is 5.93. The molecule has 0 saturated carbocycles. The second-order valence-corrected chi connectivity index (χ2v) is 4.82. The Bertz CT molecular complexity index is 462. The summed E-state index contributed by atoms with van der Waals surface area (Å²) in [7, 11) is 0. The number of aryl methyl sites for hydroxylation is 1. The number of nitrogen functional groups attached to an aromatic ring is 1. The van der Waals surface area contributed by atoms with Gasteiger partial charge in [-0.3, -0.25) is 0 Å². The number of halogens is 1. The molecule has 0 saturated heterocycles. The van der Waals surface area contributed by atoms with Crippen LogP contribution in [0.3, 0.4) is 0 Å². The number of anilines is 1. The molecule has 1 nitrogen and oxygen atoms in total. The van der Waals surface area contributed by atoms with E-state index in [4.69, 9.17) is 5.73 Å². The molecule has 0 bridgehead atoms. The molecule has 0 spiro atoms.